The summed E-state index contributed by atoms with van der Waals surface area (Å²) in [5, 5.41) is 12.1. The third kappa shape index (κ3) is 2.70. The van der Waals surface area contributed by atoms with Crippen molar-refractivity contribution in [3.05, 3.63) is 59.0 Å². The molecule has 90 valence electrons. The van der Waals surface area contributed by atoms with Gasteiger partial charge < -0.3 is 9.73 Å². The van der Waals surface area contributed by atoms with Crippen LogP contribution in [0.3, 0.4) is 0 Å². The lowest BCUT2D eigenvalue weighted by Crippen LogP contribution is -2.27. The molecule has 0 bridgehead atoms. The van der Waals surface area contributed by atoms with Crippen LogP contribution in [0.1, 0.15) is 22.2 Å². The molecule has 1 aromatic carbocycles. The van der Waals surface area contributed by atoms with E-state index < -0.39 is 6.04 Å². The molecule has 0 spiro atoms. The van der Waals surface area contributed by atoms with Gasteiger partial charge in [0.25, 0.3) is 5.91 Å². The van der Waals surface area contributed by atoms with E-state index in [4.69, 9.17) is 21.3 Å². The van der Waals surface area contributed by atoms with Gasteiger partial charge in [0.05, 0.1) is 12.3 Å². The number of benzene rings is 1. The summed E-state index contributed by atoms with van der Waals surface area (Å²) in [5.41, 5.74) is 0.436. The zero-order chi connectivity index (χ0) is 13.0. The van der Waals surface area contributed by atoms with Crippen LogP contribution in [0, 0.1) is 11.3 Å². The second kappa shape index (κ2) is 5.39. The number of halogens is 1. The van der Waals surface area contributed by atoms with Crippen LogP contribution in [0.2, 0.25) is 5.02 Å². The van der Waals surface area contributed by atoms with Crippen LogP contribution in [0.5, 0.6) is 0 Å². The summed E-state index contributed by atoms with van der Waals surface area (Å²) in [5.74, 6) is 0.0504. The van der Waals surface area contributed by atoms with Gasteiger partial charge in [0.1, 0.15) is 5.76 Å². The Balaban J connectivity index is 2.11. The van der Waals surface area contributed by atoms with Gasteiger partial charge in [0.15, 0.2) is 6.04 Å². The summed E-state index contributed by atoms with van der Waals surface area (Å²) in [7, 11) is 0. The minimum atomic E-state index is -0.803. The molecule has 4 nitrogen and oxygen atoms in total. The number of hydrogen-bond donors (Lipinski definition) is 1. The maximum Gasteiger partial charge on any atom is 0.252 e. The molecule has 0 saturated heterocycles. The second-order valence-corrected chi connectivity index (χ2v) is 3.99. The molecule has 1 heterocycles. The molecule has 5 heteroatoms. The van der Waals surface area contributed by atoms with Crippen molar-refractivity contribution in [2.75, 3.05) is 0 Å². The zero-order valence-electron chi connectivity index (χ0n) is 9.26. The van der Waals surface area contributed by atoms with Gasteiger partial charge in [-0.2, -0.15) is 5.26 Å². The van der Waals surface area contributed by atoms with Gasteiger partial charge in [-0.3, -0.25) is 4.79 Å². The van der Waals surface area contributed by atoms with Gasteiger partial charge in [-0.25, -0.2) is 0 Å². The van der Waals surface area contributed by atoms with Gasteiger partial charge in [-0.15, -0.1) is 0 Å². The second-order valence-electron chi connectivity index (χ2n) is 3.56. The summed E-state index contributed by atoms with van der Waals surface area (Å²) >= 11 is 5.73. The number of rotatable bonds is 3. The Hall–Kier alpha value is -2.25. The highest BCUT2D eigenvalue weighted by atomic mass is 35.5. The standard InChI is InChI=1S/C13H9ClN2O2/c14-10-5-3-9(4-6-10)13(17)16-11(8-15)12-2-1-7-18-12/h1-7,11H,(H,16,17). The van der Waals surface area contributed by atoms with Crippen LogP contribution in [-0.4, -0.2) is 5.91 Å². The van der Waals surface area contributed by atoms with E-state index in [0.29, 0.717) is 16.3 Å². The number of nitriles is 1. The Morgan fingerprint density at radius 2 is 2.06 bits per heavy atom. The number of amides is 1. The zero-order valence-corrected chi connectivity index (χ0v) is 10.0. The number of carbonyl (C=O) groups excluding carboxylic acids is 1. The number of nitrogens with one attached hydrogen (secondary N) is 1. The molecule has 2 aromatic rings. The minimum Gasteiger partial charge on any atom is -0.466 e. The lowest BCUT2D eigenvalue weighted by atomic mass is 10.2. The van der Waals surface area contributed by atoms with Crippen molar-refractivity contribution in [3.63, 3.8) is 0 Å². The molecule has 1 atom stereocenters. The third-order valence-corrected chi connectivity index (χ3v) is 2.59. The van der Waals surface area contributed by atoms with E-state index in [1.807, 2.05) is 6.07 Å². The number of carbonyl (C=O) groups is 1. The van der Waals surface area contributed by atoms with Gasteiger partial charge in [-0.1, -0.05) is 11.6 Å². The van der Waals surface area contributed by atoms with Crippen molar-refractivity contribution in [1.29, 1.82) is 5.26 Å². The average Bonchev–Trinajstić information content (AvgIpc) is 2.90. The summed E-state index contributed by atoms with van der Waals surface area (Å²) in [6, 6.07) is 10.9. The Morgan fingerprint density at radius 3 is 2.61 bits per heavy atom. The summed E-state index contributed by atoms with van der Waals surface area (Å²) in [6.45, 7) is 0. The van der Waals surface area contributed by atoms with Crippen LogP contribution in [0.15, 0.2) is 47.1 Å². The van der Waals surface area contributed by atoms with Crippen molar-refractivity contribution >= 4 is 17.5 Å². The summed E-state index contributed by atoms with van der Waals surface area (Å²) < 4.78 is 5.08. The lowest BCUT2D eigenvalue weighted by Gasteiger charge is -2.09. The van der Waals surface area contributed by atoms with Crippen molar-refractivity contribution in [3.8, 4) is 6.07 Å². The van der Waals surface area contributed by atoms with Gasteiger partial charge in [0, 0.05) is 10.6 Å². The quantitative estimate of drug-likeness (QED) is 0.923. The largest absolute Gasteiger partial charge is 0.466 e. The fourth-order valence-corrected chi connectivity index (χ4v) is 1.56. The van der Waals surface area contributed by atoms with Crippen LogP contribution < -0.4 is 5.32 Å². The van der Waals surface area contributed by atoms with Gasteiger partial charge in [-0.05, 0) is 36.4 Å². The first-order valence-corrected chi connectivity index (χ1v) is 5.58. The summed E-state index contributed by atoms with van der Waals surface area (Å²) in [6.07, 6.45) is 1.45. The van der Waals surface area contributed by atoms with E-state index in [1.54, 1.807) is 36.4 Å². The van der Waals surface area contributed by atoms with Crippen molar-refractivity contribution in [2.24, 2.45) is 0 Å². The van der Waals surface area contributed by atoms with Crippen molar-refractivity contribution in [2.45, 2.75) is 6.04 Å². The topological polar surface area (TPSA) is 66.0 Å². The van der Waals surface area contributed by atoms with E-state index in [2.05, 4.69) is 5.32 Å². The average molecular weight is 261 g/mol. The molecule has 0 radical (unpaired) electrons. The third-order valence-electron chi connectivity index (χ3n) is 2.34. The normalized spacial score (nSPS) is 11.6. The van der Waals surface area contributed by atoms with E-state index in [-0.39, 0.29) is 5.91 Å². The molecule has 0 aliphatic heterocycles. The Kier molecular flexibility index (Phi) is 3.66. The number of furan rings is 1. The van der Waals surface area contributed by atoms with Crippen LogP contribution in [-0.2, 0) is 0 Å². The Labute approximate surface area is 109 Å². The SMILES string of the molecule is N#CC(NC(=O)c1ccc(Cl)cc1)c1ccco1. The van der Waals surface area contributed by atoms with Crippen molar-refractivity contribution in [1.82, 2.24) is 5.32 Å². The number of hydrogen-bond acceptors (Lipinski definition) is 3. The van der Waals surface area contributed by atoms with Crippen LogP contribution in [0.25, 0.3) is 0 Å². The smallest absolute Gasteiger partial charge is 0.252 e. The van der Waals surface area contributed by atoms with E-state index in [0.717, 1.165) is 0 Å². The lowest BCUT2D eigenvalue weighted by molar-refractivity contribution is 0.0941. The highest BCUT2D eigenvalue weighted by molar-refractivity contribution is 6.30. The fourth-order valence-electron chi connectivity index (χ4n) is 1.44. The maximum absolute atomic E-state index is 11.9. The van der Waals surface area contributed by atoms with Gasteiger partial charge >= 0.3 is 0 Å². The maximum atomic E-state index is 11.9. The highest BCUT2D eigenvalue weighted by Gasteiger charge is 2.17. The summed E-state index contributed by atoms with van der Waals surface area (Å²) in [4.78, 5) is 11.9. The molecule has 0 fully saturated rings. The molecule has 2 rings (SSSR count). The van der Waals surface area contributed by atoms with Crippen LogP contribution >= 0.6 is 11.6 Å². The van der Waals surface area contributed by atoms with E-state index in [9.17, 15) is 4.79 Å². The predicted molar refractivity (Wildman–Crippen MR) is 66.0 cm³/mol. The molecule has 1 unspecified atom stereocenters. The molecule has 0 saturated carbocycles. The number of nitrogens with zero attached hydrogens (tertiary/aromatic N) is 1. The molecule has 1 amide bonds. The molecule has 18 heavy (non-hydrogen) atoms. The van der Waals surface area contributed by atoms with E-state index >= 15 is 0 Å². The first kappa shape index (κ1) is 12.2. The van der Waals surface area contributed by atoms with Crippen LogP contribution in [0.4, 0.5) is 0 Å². The minimum absolute atomic E-state index is 0.352. The van der Waals surface area contributed by atoms with Crippen molar-refractivity contribution < 1.29 is 9.21 Å². The first-order valence-electron chi connectivity index (χ1n) is 5.20. The highest BCUT2D eigenvalue weighted by Crippen LogP contribution is 2.14. The fraction of sp³-hybridized carbons (Fsp3) is 0.0769. The molecule has 0 aliphatic carbocycles. The molecule has 1 aromatic heterocycles. The molecular formula is C13H9ClN2O2. The van der Waals surface area contributed by atoms with E-state index in [1.165, 1.54) is 6.26 Å². The monoisotopic (exact) mass is 260 g/mol. The Bertz CT molecular complexity index is 570. The Morgan fingerprint density at radius 1 is 1.33 bits per heavy atom. The first-order chi connectivity index (χ1) is 8.70. The van der Waals surface area contributed by atoms with Gasteiger partial charge in [0.2, 0.25) is 0 Å². The molecular weight excluding hydrogens is 252 g/mol. The predicted octanol–water partition coefficient (Wildman–Crippen LogP) is 2.93. The molecule has 0 aliphatic rings. The molecule has 1 N–H and O–H groups in total.